The number of aryl methyl sites for hydroxylation is 2. The van der Waals surface area contributed by atoms with E-state index >= 15 is 0 Å². The van der Waals surface area contributed by atoms with Crippen LogP contribution in [0.5, 0.6) is 23.0 Å². The van der Waals surface area contributed by atoms with Gasteiger partial charge in [0.05, 0.1) is 19.6 Å². The Morgan fingerprint density at radius 3 is 1.40 bits per heavy atom. The van der Waals surface area contributed by atoms with Gasteiger partial charge in [-0.3, -0.25) is 19.4 Å². The van der Waals surface area contributed by atoms with Crippen molar-refractivity contribution < 1.29 is 29.3 Å². The van der Waals surface area contributed by atoms with Gasteiger partial charge in [0.1, 0.15) is 11.6 Å². The molecule has 0 amide bonds. The molecule has 2 fully saturated rings. The van der Waals surface area contributed by atoms with Crippen LogP contribution < -0.4 is 9.47 Å². The van der Waals surface area contributed by atoms with Crippen molar-refractivity contribution in [2.75, 3.05) is 40.4 Å². The molecule has 248 valence electrons. The highest BCUT2D eigenvalue weighted by molar-refractivity contribution is 6.06. The maximum absolute atomic E-state index is 13.4. The monoisotopic (exact) mass is 622 g/mol. The fraction of sp³-hybridized carbons (Fsp3) is 0.622. The molecule has 0 aliphatic carbocycles. The molecule has 2 heterocycles. The van der Waals surface area contributed by atoms with E-state index in [0.29, 0.717) is 37.4 Å². The molecular formula is C37H54N2O6. The number of phenolic OH excluding ortho intramolecular Hbond substituents is 2. The SMILES string of the molecule is COc1cc(CCC(=O)C(C)(C)C(=O)CCc2cc(CN3CCC(C)CC3)c(O)c(OC)c2)cc(CN2CCC(C)CC2)c1O. The second-order valence-corrected chi connectivity index (χ2v) is 14.0. The fourth-order valence-electron chi connectivity index (χ4n) is 6.52. The third-order valence-corrected chi connectivity index (χ3v) is 10.1. The summed E-state index contributed by atoms with van der Waals surface area (Å²) in [5.41, 5.74) is 2.31. The van der Waals surface area contributed by atoms with Crippen LogP contribution in [0.2, 0.25) is 0 Å². The van der Waals surface area contributed by atoms with Gasteiger partial charge in [0, 0.05) is 37.1 Å². The summed E-state index contributed by atoms with van der Waals surface area (Å²) in [6.45, 7) is 13.3. The van der Waals surface area contributed by atoms with E-state index in [0.717, 1.165) is 86.0 Å². The summed E-state index contributed by atoms with van der Waals surface area (Å²) in [6, 6.07) is 7.52. The van der Waals surface area contributed by atoms with Crippen LogP contribution in [-0.4, -0.2) is 72.0 Å². The van der Waals surface area contributed by atoms with Crippen LogP contribution in [0.15, 0.2) is 24.3 Å². The standard InChI is InChI=1S/C37H54N2O6/c1-25-11-15-38(16-12-25)23-29-19-27(21-31(44-5)35(29)42)7-9-33(40)37(3,4)34(41)10-8-28-20-30(36(43)32(22-28)45-6)24-39-17-13-26(2)14-18-39/h19-22,25-26,42-43H,7-18,23-24H2,1-6H3. The normalized spacial score (nSPS) is 17.4. The summed E-state index contributed by atoms with van der Waals surface area (Å²) in [7, 11) is 3.08. The molecule has 0 atom stereocenters. The number of rotatable bonds is 14. The molecule has 4 rings (SSSR count). The molecule has 45 heavy (non-hydrogen) atoms. The first kappa shape index (κ1) is 34.8. The zero-order chi connectivity index (χ0) is 32.7. The molecule has 0 bridgehead atoms. The lowest BCUT2D eigenvalue weighted by atomic mass is 9.79. The van der Waals surface area contributed by atoms with Gasteiger partial charge in [-0.1, -0.05) is 26.0 Å². The van der Waals surface area contributed by atoms with Crippen molar-refractivity contribution in [1.82, 2.24) is 9.80 Å². The van der Waals surface area contributed by atoms with Crippen molar-refractivity contribution >= 4 is 11.6 Å². The average Bonchev–Trinajstić information content (AvgIpc) is 3.03. The van der Waals surface area contributed by atoms with Crippen molar-refractivity contribution in [3.05, 3.63) is 46.5 Å². The Kier molecular flexibility index (Phi) is 11.9. The van der Waals surface area contributed by atoms with Gasteiger partial charge in [-0.2, -0.15) is 0 Å². The van der Waals surface area contributed by atoms with Gasteiger partial charge in [0.25, 0.3) is 0 Å². The molecule has 2 aromatic rings. The molecular weight excluding hydrogens is 568 g/mol. The van der Waals surface area contributed by atoms with Gasteiger partial charge >= 0.3 is 0 Å². The minimum Gasteiger partial charge on any atom is -0.504 e. The van der Waals surface area contributed by atoms with Crippen molar-refractivity contribution in [2.24, 2.45) is 17.3 Å². The topological polar surface area (TPSA) is 99.5 Å². The average molecular weight is 623 g/mol. The van der Waals surface area contributed by atoms with Gasteiger partial charge in [-0.25, -0.2) is 0 Å². The lowest BCUT2D eigenvalue weighted by molar-refractivity contribution is -0.138. The second-order valence-electron chi connectivity index (χ2n) is 14.0. The highest BCUT2D eigenvalue weighted by Gasteiger charge is 2.34. The van der Waals surface area contributed by atoms with Crippen molar-refractivity contribution in [3.63, 3.8) is 0 Å². The molecule has 8 heteroatoms. The number of hydrogen-bond acceptors (Lipinski definition) is 8. The predicted molar refractivity (Wildman–Crippen MR) is 177 cm³/mol. The first-order chi connectivity index (χ1) is 21.4. The number of aromatic hydroxyl groups is 2. The molecule has 2 N–H and O–H groups in total. The van der Waals surface area contributed by atoms with E-state index in [4.69, 9.17) is 9.47 Å². The number of likely N-dealkylation sites (tertiary alicyclic amines) is 2. The van der Waals surface area contributed by atoms with E-state index in [-0.39, 0.29) is 35.9 Å². The maximum atomic E-state index is 13.4. The van der Waals surface area contributed by atoms with Crippen LogP contribution in [0.25, 0.3) is 0 Å². The van der Waals surface area contributed by atoms with Gasteiger partial charge in [-0.15, -0.1) is 0 Å². The van der Waals surface area contributed by atoms with E-state index in [1.165, 1.54) is 0 Å². The van der Waals surface area contributed by atoms with Crippen LogP contribution in [-0.2, 0) is 35.5 Å². The Hall–Kier alpha value is -3.10. The summed E-state index contributed by atoms with van der Waals surface area (Å²) in [5.74, 6) is 2.38. The third kappa shape index (κ3) is 9.01. The smallest absolute Gasteiger partial charge is 0.162 e. The Bertz CT molecular complexity index is 1220. The first-order valence-corrected chi connectivity index (χ1v) is 16.7. The Labute approximate surface area is 269 Å². The second kappa shape index (κ2) is 15.5. The molecule has 8 nitrogen and oxygen atoms in total. The molecule has 0 radical (unpaired) electrons. The lowest BCUT2D eigenvalue weighted by Gasteiger charge is -2.30. The highest BCUT2D eigenvalue weighted by Crippen LogP contribution is 2.36. The summed E-state index contributed by atoms with van der Waals surface area (Å²) < 4.78 is 10.9. The number of Topliss-reactive ketones (excluding diaryl/α,β-unsaturated/α-hetero) is 2. The zero-order valence-electron chi connectivity index (χ0n) is 28.3. The molecule has 2 aromatic carbocycles. The number of piperidine rings is 2. The summed E-state index contributed by atoms with van der Waals surface area (Å²) in [4.78, 5) is 31.5. The Balaban J connectivity index is 1.37. The van der Waals surface area contributed by atoms with E-state index < -0.39 is 5.41 Å². The van der Waals surface area contributed by atoms with Crippen molar-refractivity contribution in [1.29, 1.82) is 0 Å². The molecule has 0 saturated carbocycles. The molecule has 0 spiro atoms. The van der Waals surface area contributed by atoms with Crippen LogP contribution in [0, 0.1) is 17.3 Å². The summed E-state index contributed by atoms with van der Waals surface area (Å²) in [5, 5.41) is 21.6. The number of benzene rings is 2. The van der Waals surface area contributed by atoms with Crippen LogP contribution in [0.1, 0.15) is 88.5 Å². The van der Waals surface area contributed by atoms with E-state index in [9.17, 15) is 19.8 Å². The number of ether oxygens (including phenoxy) is 2. The third-order valence-electron chi connectivity index (χ3n) is 10.1. The number of phenols is 2. The lowest BCUT2D eigenvalue weighted by Crippen LogP contribution is -2.34. The first-order valence-electron chi connectivity index (χ1n) is 16.7. The molecule has 0 unspecified atom stereocenters. The van der Waals surface area contributed by atoms with Gasteiger partial charge in [0.2, 0.25) is 0 Å². The van der Waals surface area contributed by atoms with Crippen LogP contribution in [0.4, 0.5) is 0 Å². The number of carbonyl (C=O) groups is 2. The maximum Gasteiger partial charge on any atom is 0.162 e. The molecule has 2 aliphatic heterocycles. The van der Waals surface area contributed by atoms with Gasteiger partial charge in [-0.05, 0) is 114 Å². The van der Waals surface area contributed by atoms with Gasteiger partial charge in [0.15, 0.2) is 23.0 Å². The van der Waals surface area contributed by atoms with Crippen molar-refractivity contribution in [2.45, 2.75) is 92.2 Å². The van der Waals surface area contributed by atoms with E-state index in [2.05, 4.69) is 23.6 Å². The number of hydrogen-bond donors (Lipinski definition) is 2. The Morgan fingerprint density at radius 2 is 1.07 bits per heavy atom. The van der Waals surface area contributed by atoms with E-state index in [1.54, 1.807) is 40.2 Å². The molecule has 2 saturated heterocycles. The zero-order valence-corrected chi connectivity index (χ0v) is 28.3. The van der Waals surface area contributed by atoms with E-state index in [1.807, 2.05) is 12.1 Å². The quantitative estimate of drug-likeness (QED) is 0.237. The largest absolute Gasteiger partial charge is 0.504 e. The number of ketones is 2. The highest BCUT2D eigenvalue weighted by atomic mass is 16.5. The number of carbonyl (C=O) groups excluding carboxylic acids is 2. The van der Waals surface area contributed by atoms with Crippen LogP contribution >= 0.6 is 0 Å². The minimum atomic E-state index is -1.12. The number of nitrogens with zero attached hydrogens (tertiary/aromatic N) is 2. The van der Waals surface area contributed by atoms with Gasteiger partial charge < -0.3 is 19.7 Å². The fourth-order valence-corrected chi connectivity index (χ4v) is 6.52. The summed E-state index contributed by atoms with van der Waals surface area (Å²) in [6.07, 6.45) is 5.96. The van der Waals surface area contributed by atoms with Crippen LogP contribution in [0.3, 0.4) is 0 Å². The predicted octanol–water partition coefficient (Wildman–Crippen LogP) is 6.31. The minimum absolute atomic E-state index is 0.102. The van der Waals surface area contributed by atoms with Crippen molar-refractivity contribution in [3.8, 4) is 23.0 Å². The number of methoxy groups -OCH3 is 2. The molecule has 2 aliphatic rings. The summed E-state index contributed by atoms with van der Waals surface area (Å²) >= 11 is 0. The Morgan fingerprint density at radius 1 is 0.711 bits per heavy atom. The molecule has 0 aromatic heterocycles.